The Hall–Kier alpha value is -0.0800. The van der Waals surface area contributed by atoms with Gasteiger partial charge < -0.3 is 10.1 Å². The summed E-state index contributed by atoms with van der Waals surface area (Å²) in [6.07, 6.45) is 4.43. The Balaban J connectivity index is 2.09. The van der Waals surface area contributed by atoms with Crippen LogP contribution in [-0.2, 0) is 4.74 Å². The van der Waals surface area contributed by atoms with Crippen molar-refractivity contribution in [3.8, 4) is 0 Å². The standard InChI is InChI=1S/C10H19NO/c1-10(2)5-3-4-8-9(10)12-7-6-11-8/h8-9,11H,3-7H2,1-2H3. The van der Waals surface area contributed by atoms with Crippen LogP contribution in [-0.4, -0.2) is 25.3 Å². The Bertz CT molecular complexity index is 165. The van der Waals surface area contributed by atoms with Gasteiger partial charge in [0.15, 0.2) is 0 Å². The molecule has 1 aliphatic carbocycles. The summed E-state index contributed by atoms with van der Waals surface area (Å²) in [6, 6.07) is 0.627. The SMILES string of the molecule is CC1(C)CCCC2NCCOC21. The molecule has 2 rings (SSSR count). The zero-order valence-electron chi connectivity index (χ0n) is 8.10. The minimum absolute atomic E-state index is 0.385. The molecule has 2 atom stereocenters. The molecule has 2 heteroatoms. The van der Waals surface area contributed by atoms with E-state index in [2.05, 4.69) is 19.2 Å². The molecule has 0 amide bonds. The molecular formula is C10H19NO. The Labute approximate surface area is 74.7 Å². The Morgan fingerprint density at radius 1 is 1.42 bits per heavy atom. The van der Waals surface area contributed by atoms with Crippen molar-refractivity contribution >= 4 is 0 Å². The lowest BCUT2D eigenvalue weighted by Gasteiger charge is -2.46. The highest BCUT2D eigenvalue weighted by Crippen LogP contribution is 2.38. The number of ether oxygens (including phenoxy) is 1. The quantitative estimate of drug-likeness (QED) is 0.594. The third-order valence-corrected chi connectivity index (χ3v) is 3.28. The molecule has 2 unspecified atom stereocenters. The predicted octanol–water partition coefficient (Wildman–Crippen LogP) is 1.55. The summed E-state index contributed by atoms with van der Waals surface area (Å²) < 4.78 is 5.83. The molecule has 0 radical (unpaired) electrons. The second-order valence-corrected chi connectivity index (χ2v) is 4.73. The second kappa shape index (κ2) is 3.00. The van der Waals surface area contributed by atoms with E-state index in [9.17, 15) is 0 Å². The van der Waals surface area contributed by atoms with Crippen LogP contribution in [0.15, 0.2) is 0 Å². The number of rotatable bonds is 0. The third kappa shape index (κ3) is 1.38. The first-order chi connectivity index (χ1) is 5.70. The van der Waals surface area contributed by atoms with E-state index in [0.717, 1.165) is 13.2 Å². The van der Waals surface area contributed by atoms with Crippen LogP contribution in [0, 0.1) is 5.41 Å². The van der Waals surface area contributed by atoms with Gasteiger partial charge in [0.05, 0.1) is 12.7 Å². The maximum absolute atomic E-state index is 5.83. The minimum Gasteiger partial charge on any atom is -0.375 e. The maximum Gasteiger partial charge on any atom is 0.0779 e. The van der Waals surface area contributed by atoms with E-state index < -0.39 is 0 Å². The molecule has 1 aliphatic heterocycles. The lowest BCUT2D eigenvalue weighted by atomic mass is 9.72. The van der Waals surface area contributed by atoms with E-state index in [1.807, 2.05) is 0 Å². The largest absolute Gasteiger partial charge is 0.375 e. The molecule has 1 saturated heterocycles. The van der Waals surface area contributed by atoms with Gasteiger partial charge in [0.25, 0.3) is 0 Å². The second-order valence-electron chi connectivity index (χ2n) is 4.73. The maximum atomic E-state index is 5.83. The van der Waals surface area contributed by atoms with Crippen molar-refractivity contribution in [2.75, 3.05) is 13.2 Å². The van der Waals surface area contributed by atoms with Crippen LogP contribution in [0.4, 0.5) is 0 Å². The number of morpholine rings is 1. The molecule has 12 heavy (non-hydrogen) atoms. The van der Waals surface area contributed by atoms with Crippen molar-refractivity contribution in [3.63, 3.8) is 0 Å². The molecule has 2 fully saturated rings. The monoisotopic (exact) mass is 169 g/mol. The zero-order chi connectivity index (χ0) is 8.60. The fraction of sp³-hybridized carbons (Fsp3) is 1.00. The molecule has 1 saturated carbocycles. The van der Waals surface area contributed by atoms with Gasteiger partial charge in [-0.1, -0.05) is 20.3 Å². The number of fused-ring (bicyclic) bond motifs is 1. The average molecular weight is 169 g/mol. The molecule has 2 aliphatic rings. The Kier molecular flexibility index (Phi) is 2.13. The van der Waals surface area contributed by atoms with Crippen molar-refractivity contribution < 1.29 is 4.74 Å². The van der Waals surface area contributed by atoms with E-state index >= 15 is 0 Å². The predicted molar refractivity (Wildman–Crippen MR) is 49.2 cm³/mol. The molecule has 2 nitrogen and oxygen atoms in total. The first-order valence-corrected chi connectivity index (χ1v) is 5.05. The molecule has 0 bridgehead atoms. The van der Waals surface area contributed by atoms with Crippen LogP contribution in [0.1, 0.15) is 33.1 Å². The van der Waals surface area contributed by atoms with Gasteiger partial charge in [0, 0.05) is 12.6 Å². The number of hydrogen-bond acceptors (Lipinski definition) is 2. The molecular weight excluding hydrogens is 150 g/mol. The van der Waals surface area contributed by atoms with Crippen molar-refractivity contribution in [1.29, 1.82) is 0 Å². The average Bonchev–Trinajstić information content (AvgIpc) is 2.04. The van der Waals surface area contributed by atoms with Crippen molar-refractivity contribution in [2.45, 2.75) is 45.3 Å². The summed E-state index contributed by atoms with van der Waals surface area (Å²) in [5.74, 6) is 0. The first-order valence-electron chi connectivity index (χ1n) is 5.05. The van der Waals surface area contributed by atoms with Gasteiger partial charge >= 0.3 is 0 Å². The summed E-state index contributed by atoms with van der Waals surface area (Å²) in [6.45, 7) is 6.59. The van der Waals surface area contributed by atoms with Crippen molar-refractivity contribution in [2.24, 2.45) is 5.41 Å². The number of hydrogen-bond donors (Lipinski definition) is 1. The first kappa shape index (κ1) is 8.52. The summed E-state index contributed by atoms with van der Waals surface area (Å²) >= 11 is 0. The third-order valence-electron chi connectivity index (χ3n) is 3.28. The highest BCUT2D eigenvalue weighted by molar-refractivity contribution is 4.94. The normalized spacial score (nSPS) is 40.5. The van der Waals surface area contributed by atoms with Crippen LogP contribution in [0.25, 0.3) is 0 Å². The van der Waals surface area contributed by atoms with E-state index in [-0.39, 0.29) is 0 Å². The van der Waals surface area contributed by atoms with E-state index in [1.54, 1.807) is 0 Å². The van der Waals surface area contributed by atoms with Crippen LogP contribution < -0.4 is 5.32 Å². The van der Waals surface area contributed by atoms with E-state index in [1.165, 1.54) is 19.3 Å². The van der Waals surface area contributed by atoms with Gasteiger partial charge in [-0.05, 0) is 18.3 Å². The highest BCUT2D eigenvalue weighted by atomic mass is 16.5. The van der Waals surface area contributed by atoms with Gasteiger partial charge in [-0.3, -0.25) is 0 Å². The number of nitrogens with one attached hydrogen (secondary N) is 1. The molecule has 0 aromatic heterocycles. The summed E-state index contributed by atoms with van der Waals surface area (Å²) in [5.41, 5.74) is 0.385. The van der Waals surface area contributed by atoms with E-state index in [4.69, 9.17) is 4.74 Å². The smallest absolute Gasteiger partial charge is 0.0779 e. The van der Waals surface area contributed by atoms with Gasteiger partial charge in [0.1, 0.15) is 0 Å². The van der Waals surface area contributed by atoms with Gasteiger partial charge in [-0.15, -0.1) is 0 Å². The molecule has 0 aromatic carbocycles. The topological polar surface area (TPSA) is 21.3 Å². The lowest BCUT2D eigenvalue weighted by molar-refractivity contribution is -0.0923. The van der Waals surface area contributed by atoms with Crippen molar-refractivity contribution in [1.82, 2.24) is 5.32 Å². The lowest BCUT2D eigenvalue weighted by Crippen LogP contribution is -2.56. The van der Waals surface area contributed by atoms with Gasteiger partial charge in [0.2, 0.25) is 0 Å². The van der Waals surface area contributed by atoms with Gasteiger partial charge in [-0.25, -0.2) is 0 Å². The van der Waals surface area contributed by atoms with Gasteiger partial charge in [-0.2, -0.15) is 0 Å². The summed E-state index contributed by atoms with van der Waals surface area (Å²) in [4.78, 5) is 0. The fourth-order valence-electron chi connectivity index (χ4n) is 2.60. The fourth-order valence-corrected chi connectivity index (χ4v) is 2.60. The Morgan fingerprint density at radius 2 is 2.25 bits per heavy atom. The van der Waals surface area contributed by atoms with Crippen LogP contribution in [0.3, 0.4) is 0 Å². The summed E-state index contributed by atoms with van der Waals surface area (Å²) in [7, 11) is 0. The highest BCUT2D eigenvalue weighted by Gasteiger charge is 2.40. The molecule has 1 N–H and O–H groups in total. The minimum atomic E-state index is 0.385. The molecule has 1 heterocycles. The van der Waals surface area contributed by atoms with Crippen LogP contribution in [0.5, 0.6) is 0 Å². The van der Waals surface area contributed by atoms with Crippen LogP contribution in [0.2, 0.25) is 0 Å². The molecule has 0 aromatic rings. The Morgan fingerprint density at radius 3 is 3.00 bits per heavy atom. The molecule has 70 valence electrons. The van der Waals surface area contributed by atoms with Crippen molar-refractivity contribution in [3.05, 3.63) is 0 Å². The van der Waals surface area contributed by atoms with E-state index in [0.29, 0.717) is 17.6 Å². The molecule has 0 spiro atoms. The van der Waals surface area contributed by atoms with Crippen LogP contribution >= 0.6 is 0 Å². The zero-order valence-corrected chi connectivity index (χ0v) is 8.10. The summed E-state index contributed by atoms with van der Waals surface area (Å²) in [5, 5.41) is 3.55.